The van der Waals surface area contributed by atoms with E-state index in [1.54, 1.807) is 11.3 Å². The zero-order valence-corrected chi connectivity index (χ0v) is 13.4. The summed E-state index contributed by atoms with van der Waals surface area (Å²) in [5, 5.41) is 5.30. The first kappa shape index (κ1) is 15.5. The van der Waals surface area contributed by atoms with Crippen LogP contribution in [0.15, 0.2) is 41.8 Å². The first-order valence-corrected chi connectivity index (χ1v) is 7.66. The fraction of sp³-hybridized carbons (Fsp3) is 0.312. The van der Waals surface area contributed by atoms with Gasteiger partial charge in [-0.25, -0.2) is 0 Å². The summed E-state index contributed by atoms with van der Waals surface area (Å²) in [5.41, 5.74) is 6.71. The van der Waals surface area contributed by atoms with Gasteiger partial charge in [0.25, 0.3) is 0 Å². The molecule has 0 fully saturated rings. The highest BCUT2D eigenvalue weighted by molar-refractivity contribution is 7.09. The Morgan fingerprint density at radius 3 is 2.43 bits per heavy atom. The minimum atomic E-state index is -0.880. The lowest BCUT2D eigenvalue weighted by Gasteiger charge is -2.28. The first-order chi connectivity index (χ1) is 9.93. The summed E-state index contributed by atoms with van der Waals surface area (Å²) >= 11 is 1.66. The van der Waals surface area contributed by atoms with Crippen molar-refractivity contribution in [1.82, 2.24) is 5.32 Å². The lowest BCUT2D eigenvalue weighted by Crippen LogP contribution is -2.49. The number of hydrogen-bond donors (Lipinski definition) is 2. The average Bonchev–Trinajstić information content (AvgIpc) is 2.98. The maximum atomic E-state index is 12.0. The summed E-state index contributed by atoms with van der Waals surface area (Å²) in [6.07, 6.45) is 0. The molecule has 1 unspecified atom stereocenters. The molecule has 1 atom stereocenters. The van der Waals surface area contributed by atoms with E-state index in [9.17, 15) is 4.79 Å². The number of benzene rings is 1. The summed E-state index contributed by atoms with van der Waals surface area (Å²) in [7, 11) is 3.97. The van der Waals surface area contributed by atoms with Gasteiger partial charge in [0.1, 0.15) is 5.54 Å². The molecule has 3 N–H and O–H groups in total. The fourth-order valence-electron chi connectivity index (χ4n) is 2.10. The highest BCUT2D eigenvalue weighted by Gasteiger charge is 2.32. The van der Waals surface area contributed by atoms with Crippen LogP contribution in [-0.4, -0.2) is 20.0 Å². The Hall–Kier alpha value is -1.85. The van der Waals surface area contributed by atoms with Crippen LogP contribution in [0.5, 0.6) is 0 Å². The first-order valence-electron chi connectivity index (χ1n) is 6.78. The maximum absolute atomic E-state index is 12.0. The number of nitrogens with zero attached hydrogens (tertiary/aromatic N) is 1. The Balaban J connectivity index is 2.22. The minimum absolute atomic E-state index is 0.378. The van der Waals surface area contributed by atoms with Crippen LogP contribution in [0.3, 0.4) is 0 Å². The summed E-state index contributed by atoms with van der Waals surface area (Å²) in [5.74, 6) is -0.378. The molecule has 2 rings (SSSR count). The van der Waals surface area contributed by atoms with Crippen LogP contribution in [0.2, 0.25) is 0 Å². The molecule has 0 bridgehead atoms. The van der Waals surface area contributed by atoms with Gasteiger partial charge >= 0.3 is 0 Å². The van der Waals surface area contributed by atoms with E-state index >= 15 is 0 Å². The van der Waals surface area contributed by atoms with Crippen molar-refractivity contribution < 1.29 is 4.79 Å². The van der Waals surface area contributed by atoms with E-state index < -0.39 is 5.54 Å². The molecular weight excluding hydrogens is 282 g/mol. The Morgan fingerprint density at radius 1 is 1.29 bits per heavy atom. The monoisotopic (exact) mass is 303 g/mol. The quantitative estimate of drug-likeness (QED) is 0.861. The number of amides is 1. The predicted octanol–water partition coefficient (Wildman–Crippen LogP) is 2.30. The van der Waals surface area contributed by atoms with E-state index in [0.717, 1.165) is 11.3 Å². The van der Waals surface area contributed by atoms with Crippen LogP contribution in [0, 0.1) is 0 Å². The average molecular weight is 303 g/mol. The van der Waals surface area contributed by atoms with Crippen LogP contribution >= 0.6 is 11.3 Å². The second-order valence-electron chi connectivity index (χ2n) is 5.36. The molecule has 2 aromatic rings. The highest BCUT2D eigenvalue weighted by atomic mass is 32.1. The highest BCUT2D eigenvalue weighted by Crippen LogP contribution is 2.24. The minimum Gasteiger partial charge on any atom is -0.378 e. The lowest BCUT2D eigenvalue weighted by molar-refractivity contribution is -0.124. The molecule has 0 aliphatic rings. The normalized spacial score (nSPS) is 13.7. The fourth-order valence-corrected chi connectivity index (χ4v) is 2.75. The third-order valence-corrected chi connectivity index (χ3v) is 4.53. The second kappa shape index (κ2) is 6.28. The van der Waals surface area contributed by atoms with Crippen LogP contribution in [0.4, 0.5) is 5.69 Å². The van der Waals surface area contributed by atoms with Crippen LogP contribution in [-0.2, 0) is 16.9 Å². The number of primary amides is 1. The SMILES string of the molecule is CN(C)c1ccc(C(C)(NCc2cccs2)C(N)=O)cc1. The van der Waals surface area contributed by atoms with Crippen LogP contribution < -0.4 is 16.0 Å². The van der Waals surface area contributed by atoms with E-state index in [-0.39, 0.29) is 5.91 Å². The number of rotatable bonds is 6. The molecule has 0 aliphatic carbocycles. The topological polar surface area (TPSA) is 58.4 Å². The van der Waals surface area contributed by atoms with Gasteiger partial charge in [-0.2, -0.15) is 0 Å². The molecule has 0 aliphatic heterocycles. The third-order valence-electron chi connectivity index (χ3n) is 3.65. The maximum Gasteiger partial charge on any atom is 0.242 e. The van der Waals surface area contributed by atoms with Gasteiger partial charge in [-0.1, -0.05) is 18.2 Å². The van der Waals surface area contributed by atoms with E-state index in [4.69, 9.17) is 5.73 Å². The summed E-state index contributed by atoms with van der Waals surface area (Å²) in [6, 6.07) is 11.9. The van der Waals surface area contributed by atoms with Crippen LogP contribution in [0.1, 0.15) is 17.4 Å². The summed E-state index contributed by atoms with van der Waals surface area (Å²) < 4.78 is 0. The third kappa shape index (κ3) is 3.43. The molecule has 5 heteroatoms. The Kier molecular flexibility index (Phi) is 4.65. The number of anilines is 1. The Labute approximate surface area is 129 Å². The molecule has 0 radical (unpaired) electrons. The second-order valence-corrected chi connectivity index (χ2v) is 6.40. The number of nitrogens with one attached hydrogen (secondary N) is 1. The van der Waals surface area contributed by atoms with Gasteiger partial charge in [0.2, 0.25) is 5.91 Å². The van der Waals surface area contributed by atoms with Crippen molar-refractivity contribution in [3.8, 4) is 0 Å². The molecule has 0 spiro atoms. The lowest BCUT2D eigenvalue weighted by atomic mass is 9.91. The van der Waals surface area contributed by atoms with Crippen molar-refractivity contribution in [1.29, 1.82) is 0 Å². The predicted molar refractivity (Wildman–Crippen MR) is 88.5 cm³/mol. The molecule has 1 amide bonds. The van der Waals surface area contributed by atoms with Crippen molar-refractivity contribution in [2.45, 2.75) is 19.0 Å². The number of thiophene rings is 1. The van der Waals surface area contributed by atoms with Gasteiger partial charge in [-0.3, -0.25) is 10.1 Å². The Bertz CT molecular complexity index is 592. The van der Waals surface area contributed by atoms with E-state index in [2.05, 4.69) is 5.32 Å². The van der Waals surface area contributed by atoms with Crippen molar-refractivity contribution in [2.24, 2.45) is 5.73 Å². The molecule has 112 valence electrons. The van der Waals surface area contributed by atoms with Crippen molar-refractivity contribution in [3.63, 3.8) is 0 Å². The van der Waals surface area contributed by atoms with E-state index in [1.807, 2.05) is 67.7 Å². The molecular formula is C16H21N3OS. The van der Waals surface area contributed by atoms with Crippen molar-refractivity contribution in [2.75, 3.05) is 19.0 Å². The van der Waals surface area contributed by atoms with E-state index in [0.29, 0.717) is 6.54 Å². The van der Waals surface area contributed by atoms with Crippen molar-refractivity contribution >= 4 is 22.9 Å². The zero-order valence-electron chi connectivity index (χ0n) is 12.6. The molecule has 1 aromatic heterocycles. The smallest absolute Gasteiger partial charge is 0.242 e. The van der Waals surface area contributed by atoms with Gasteiger partial charge in [0, 0.05) is 31.2 Å². The Morgan fingerprint density at radius 2 is 1.95 bits per heavy atom. The number of nitrogens with two attached hydrogens (primary N) is 1. The van der Waals surface area contributed by atoms with E-state index in [1.165, 1.54) is 4.88 Å². The molecule has 0 saturated carbocycles. The van der Waals surface area contributed by atoms with Crippen molar-refractivity contribution in [3.05, 3.63) is 52.2 Å². The molecule has 21 heavy (non-hydrogen) atoms. The van der Waals surface area contributed by atoms with Gasteiger partial charge < -0.3 is 10.6 Å². The van der Waals surface area contributed by atoms with Gasteiger partial charge in [-0.15, -0.1) is 11.3 Å². The molecule has 1 aromatic carbocycles. The number of hydrogen-bond acceptors (Lipinski definition) is 4. The summed E-state index contributed by atoms with van der Waals surface area (Å²) in [4.78, 5) is 15.1. The molecule has 4 nitrogen and oxygen atoms in total. The van der Waals surface area contributed by atoms with Gasteiger partial charge in [-0.05, 0) is 36.1 Å². The zero-order chi connectivity index (χ0) is 15.5. The standard InChI is InChI=1S/C16H21N3OS/c1-16(15(17)20,18-11-14-5-4-10-21-14)12-6-8-13(9-7-12)19(2)3/h4-10,18H,11H2,1-3H3,(H2,17,20). The van der Waals surface area contributed by atoms with Gasteiger partial charge in [0.15, 0.2) is 0 Å². The number of carbonyl (C=O) groups is 1. The number of carbonyl (C=O) groups excluding carboxylic acids is 1. The molecule has 0 saturated heterocycles. The molecule has 1 heterocycles. The summed E-state index contributed by atoms with van der Waals surface area (Å²) in [6.45, 7) is 2.44. The van der Waals surface area contributed by atoms with Crippen LogP contribution in [0.25, 0.3) is 0 Å². The largest absolute Gasteiger partial charge is 0.378 e. The van der Waals surface area contributed by atoms with Gasteiger partial charge in [0.05, 0.1) is 0 Å².